The van der Waals surface area contributed by atoms with Crippen LogP contribution in [-0.2, 0) is 9.59 Å². The lowest BCUT2D eigenvalue weighted by atomic mass is 10.0. The van der Waals surface area contributed by atoms with Crippen LogP contribution < -0.4 is 16.0 Å². The highest BCUT2D eigenvalue weighted by atomic mass is 16.2. The van der Waals surface area contributed by atoms with Crippen molar-refractivity contribution in [1.29, 1.82) is 0 Å². The van der Waals surface area contributed by atoms with Crippen LogP contribution in [0.25, 0.3) is 0 Å². The number of unbranched alkanes of at least 4 members (excludes halogenated alkanes) is 13. The summed E-state index contributed by atoms with van der Waals surface area (Å²) in [6.07, 6.45) is 19.0. The first-order valence-electron chi connectivity index (χ1n) is 11.5. The maximum absolute atomic E-state index is 11.9. The number of hydrogen-bond donors (Lipinski definition) is 3. The highest BCUT2D eigenvalue weighted by Gasteiger charge is 2.23. The summed E-state index contributed by atoms with van der Waals surface area (Å²) < 4.78 is 0. The SMILES string of the molecule is CCCCCCCCCCCCCCCCNC(=O)CC1NCCNC1=O. The van der Waals surface area contributed by atoms with Gasteiger partial charge in [0.25, 0.3) is 0 Å². The van der Waals surface area contributed by atoms with Crippen LogP contribution in [0.5, 0.6) is 0 Å². The van der Waals surface area contributed by atoms with Gasteiger partial charge in [0.1, 0.15) is 0 Å². The zero-order chi connectivity index (χ0) is 19.6. The maximum atomic E-state index is 11.9. The first kappa shape index (κ1) is 23.9. The van der Waals surface area contributed by atoms with E-state index in [1.165, 1.54) is 83.5 Å². The van der Waals surface area contributed by atoms with Crippen molar-refractivity contribution >= 4 is 11.8 Å². The number of carbonyl (C=O) groups is 2. The average Bonchev–Trinajstić information content (AvgIpc) is 2.66. The van der Waals surface area contributed by atoms with E-state index in [2.05, 4.69) is 22.9 Å². The Hall–Kier alpha value is -1.10. The molecule has 5 nitrogen and oxygen atoms in total. The van der Waals surface area contributed by atoms with Crippen molar-refractivity contribution in [3.8, 4) is 0 Å². The molecule has 0 aromatic heterocycles. The fourth-order valence-corrected chi connectivity index (χ4v) is 3.62. The quantitative estimate of drug-likeness (QED) is 0.333. The third-order valence-electron chi connectivity index (χ3n) is 5.37. The summed E-state index contributed by atoms with van der Waals surface area (Å²) in [4.78, 5) is 23.4. The van der Waals surface area contributed by atoms with Gasteiger partial charge in [-0.15, -0.1) is 0 Å². The zero-order valence-electron chi connectivity index (χ0n) is 17.6. The van der Waals surface area contributed by atoms with Gasteiger partial charge in [-0.05, 0) is 6.42 Å². The maximum Gasteiger partial charge on any atom is 0.237 e. The van der Waals surface area contributed by atoms with Crippen LogP contribution in [-0.4, -0.2) is 37.5 Å². The molecule has 3 N–H and O–H groups in total. The molecule has 1 fully saturated rings. The van der Waals surface area contributed by atoms with Gasteiger partial charge in [-0.2, -0.15) is 0 Å². The summed E-state index contributed by atoms with van der Waals surface area (Å²) >= 11 is 0. The smallest absolute Gasteiger partial charge is 0.237 e. The minimum Gasteiger partial charge on any atom is -0.356 e. The minimum atomic E-state index is -0.366. The van der Waals surface area contributed by atoms with Crippen LogP contribution in [0.4, 0.5) is 0 Å². The van der Waals surface area contributed by atoms with E-state index >= 15 is 0 Å². The molecule has 0 bridgehead atoms. The molecule has 1 saturated heterocycles. The van der Waals surface area contributed by atoms with Gasteiger partial charge in [0.05, 0.1) is 12.5 Å². The average molecular weight is 382 g/mol. The van der Waals surface area contributed by atoms with E-state index in [4.69, 9.17) is 0 Å². The highest BCUT2D eigenvalue weighted by molar-refractivity contribution is 5.88. The van der Waals surface area contributed by atoms with Crippen LogP contribution >= 0.6 is 0 Å². The van der Waals surface area contributed by atoms with Crippen molar-refractivity contribution in [2.45, 2.75) is 109 Å². The van der Waals surface area contributed by atoms with Crippen LogP contribution in [0.15, 0.2) is 0 Å². The van der Waals surface area contributed by atoms with E-state index in [1.54, 1.807) is 0 Å². The second kappa shape index (κ2) is 17.0. The molecule has 27 heavy (non-hydrogen) atoms. The Kier molecular flexibility index (Phi) is 15.1. The molecular formula is C22H43N3O2. The molecule has 1 rings (SSSR count). The molecule has 0 saturated carbocycles. The Labute approximate surface area is 166 Å². The molecule has 1 aliphatic rings. The Morgan fingerprint density at radius 1 is 0.852 bits per heavy atom. The predicted octanol–water partition coefficient (Wildman–Crippen LogP) is 4.06. The molecule has 1 aliphatic heterocycles. The number of hydrogen-bond acceptors (Lipinski definition) is 3. The van der Waals surface area contributed by atoms with Crippen LogP contribution in [0.2, 0.25) is 0 Å². The van der Waals surface area contributed by atoms with Crippen molar-refractivity contribution in [1.82, 2.24) is 16.0 Å². The summed E-state index contributed by atoms with van der Waals surface area (Å²) in [5, 5.41) is 8.79. The number of amides is 2. The molecule has 1 heterocycles. The fourth-order valence-electron chi connectivity index (χ4n) is 3.62. The van der Waals surface area contributed by atoms with Crippen molar-refractivity contribution in [3.63, 3.8) is 0 Å². The largest absolute Gasteiger partial charge is 0.356 e. The monoisotopic (exact) mass is 381 g/mol. The number of piperazine rings is 1. The zero-order valence-corrected chi connectivity index (χ0v) is 17.6. The lowest BCUT2D eigenvalue weighted by Gasteiger charge is -2.22. The summed E-state index contributed by atoms with van der Waals surface area (Å²) in [7, 11) is 0. The number of carbonyl (C=O) groups excluding carboxylic acids is 2. The molecular weight excluding hydrogens is 338 g/mol. The standard InChI is InChI=1S/C22H43N3O2/c1-2-3-4-5-6-7-8-9-10-11-12-13-14-15-16-24-21(26)19-20-22(27)25-18-17-23-20/h20,23H,2-19H2,1H3,(H,24,26)(H,25,27). The Balaban J connectivity index is 1.78. The molecule has 2 amide bonds. The third kappa shape index (κ3) is 13.7. The van der Waals surface area contributed by atoms with E-state index in [9.17, 15) is 9.59 Å². The van der Waals surface area contributed by atoms with E-state index < -0.39 is 0 Å². The van der Waals surface area contributed by atoms with Crippen LogP contribution in [0, 0.1) is 0 Å². The Morgan fingerprint density at radius 3 is 1.89 bits per heavy atom. The van der Waals surface area contributed by atoms with Crippen LogP contribution in [0.3, 0.4) is 0 Å². The molecule has 0 radical (unpaired) electrons. The Bertz CT molecular complexity index is 388. The summed E-state index contributed by atoms with van der Waals surface area (Å²) in [6.45, 7) is 4.39. The van der Waals surface area contributed by atoms with Gasteiger partial charge in [0, 0.05) is 19.6 Å². The van der Waals surface area contributed by atoms with Gasteiger partial charge in [-0.25, -0.2) is 0 Å². The van der Waals surface area contributed by atoms with E-state index in [-0.39, 0.29) is 24.3 Å². The van der Waals surface area contributed by atoms with Gasteiger partial charge in [-0.1, -0.05) is 90.4 Å². The van der Waals surface area contributed by atoms with Gasteiger partial charge >= 0.3 is 0 Å². The fraction of sp³-hybridized carbons (Fsp3) is 0.909. The van der Waals surface area contributed by atoms with Gasteiger partial charge in [0.15, 0.2) is 0 Å². The second-order valence-electron chi connectivity index (χ2n) is 7.95. The first-order chi connectivity index (χ1) is 13.2. The van der Waals surface area contributed by atoms with Crippen molar-refractivity contribution < 1.29 is 9.59 Å². The number of rotatable bonds is 17. The summed E-state index contributed by atoms with van der Waals surface area (Å²) in [6, 6.07) is -0.366. The number of nitrogens with one attached hydrogen (secondary N) is 3. The third-order valence-corrected chi connectivity index (χ3v) is 5.37. The first-order valence-corrected chi connectivity index (χ1v) is 11.5. The van der Waals surface area contributed by atoms with E-state index in [1.807, 2.05) is 0 Å². The van der Waals surface area contributed by atoms with Crippen molar-refractivity contribution in [2.75, 3.05) is 19.6 Å². The lowest BCUT2D eigenvalue weighted by Crippen LogP contribution is -2.54. The predicted molar refractivity (Wildman–Crippen MR) is 113 cm³/mol. The molecule has 158 valence electrons. The minimum absolute atomic E-state index is 0.0285. The topological polar surface area (TPSA) is 70.2 Å². The van der Waals surface area contributed by atoms with Crippen molar-refractivity contribution in [2.24, 2.45) is 0 Å². The van der Waals surface area contributed by atoms with E-state index in [0.717, 1.165) is 19.5 Å². The van der Waals surface area contributed by atoms with Gasteiger partial charge < -0.3 is 16.0 Å². The van der Waals surface area contributed by atoms with Crippen molar-refractivity contribution in [3.05, 3.63) is 0 Å². The molecule has 1 atom stereocenters. The van der Waals surface area contributed by atoms with Crippen LogP contribution in [0.1, 0.15) is 103 Å². The Morgan fingerprint density at radius 2 is 1.37 bits per heavy atom. The molecule has 1 unspecified atom stereocenters. The highest BCUT2D eigenvalue weighted by Crippen LogP contribution is 2.12. The van der Waals surface area contributed by atoms with Gasteiger partial charge in [0.2, 0.25) is 11.8 Å². The summed E-state index contributed by atoms with van der Waals surface area (Å²) in [5.74, 6) is -0.0906. The van der Waals surface area contributed by atoms with E-state index in [0.29, 0.717) is 6.54 Å². The molecule has 5 heteroatoms. The normalized spacial score (nSPS) is 16.9. The lowest BCUT2D eigenvalue weighted by molar-refractivity contribution is -0.129. The molecule has 0 aromatic carbocycles. The van der Waals surface area contributed by atoms with Gasteiger partial charge in [-0.3, -0.25) is 9.59 Å². The molecule has 0 aliphatic carbocycles. The second-order valence-corrected chi connectivity index (χ2v) is 7.95. The molecule has 0 aromatic rings. The molecule has 0 spiro atoms. The summed E-state index contributed by atoms with van der Waals surface area (Å²) in [5.41, 5.74) is 0.